The summed E-state index contributed by atoms with van der Waals surface area (Å²) in [7, 11) is 1.92. The molecule has 0 bridgehead atoms. The first-order valence-corrected chi connectivity index (χ1v) is 5.94. The van der Waals surface area contributed by atoms with Gasteiger partial charge in [-0.1, -0.05) is 0 Å². The number of rotatable bonds is 1. The van der Waals surface area contributed by atoms with Crippen molar-refractivity contribution < 1.29 is 0 Å². The van der Waals surface area contributed by atoms with Crippen molar-refractivity contribution in [2.75, 3.05) is 12.4 Å². The Kier molecular flexibility index (Phi) is 2.04. The third-order valence-corrected chi connectivity index (χ3v) is 3.58. The number of benzene rings is 1. The van der Waals surface area contributed by atoms with E-state index in [4.69, 9.17) is 0 Å². The van der Waals surface area contributed by atoms with E-state index in [0.29, 0.717) is 0 Å². The van der Waals surface area contributed by atoms with E-state index in [9.17, 15) is 0 Å². The van der Waals surface area contributed by atoms with Crippen LogP contribution in [-0.2, 0) is 0 Å². The van der Waals surface area contributed by atoms with Gasteiger partial charge in [0.2, 0.25) is 0 Å². The van der Waals surface area contributed by atoms with Crippen molar-refractivity contribution in [2.45, 2.75) is 6.92 Å². The molecule has 80 valence electrons. The zero-order valence-corrected chi connectivity index (χ0v) is 9.93. The fraction of sp³-hybridized carbons (Fsp3) is 0.167. The van der Waals surface area contributed by atoms with Crippen LogP contribution >= 0.6 is 11.3 Å². The number of hydrogen-bond donors (Lipinski definition) is 1. The number of aryl methyl sites for hydroxylation is 1. The van der Waals surface area contributed by atoms with Crippen LogP contribution in [0.15, 0.2) is 24.4 Å². The lowest BCUT2D eigenvalue weighted by Gasteiger charge is -2.05. The van der Waals surface area contributed by atoms with Gasteiger partial charge in [0.25, 0.3) is 0 Å². The van der Waals surface area contributed by atoms with Gasteiger partial charge in [0.15, 0.2) is 0 Å². The van der Waals surface area contributed by atoms with E-state index >= 15 is 0 Å². The molecule has 3 nitrogen and oxygen atoms in total. The molecule has 1 N–H and O–H groups in total. The van der Waals surface area contributed by atoms with Gasteiger partial charge in [-0.05, 0) is 25.1 Å². The molecule has 0 unspecified atom stereocenters. The molecule has 0 fully saturated rings. The first kappa shape index (κ1) is 9.54. The number of aromatic nitrogens is 2. The normalized spacial score (nSPS) is 11.1. The van der Waals surface area contributed by atoms with Crippen LogP contribution in [-0.4, -0.2) is 17.0 Å². The zero-order chi connectivity index (χ0) is 11.1. The Bertz CT molecular complexity index is 672. The Morgan fingerprint density at radius 3 is 2.94 bits per heavy atom. The van der Waals surface area contributed by atoms with Crippen molar-refractivity contribution in [3.8, 4) is 0 Å². The molecule has 0 aliphatic carbocycles. The average molecular weight is 229 g/mol. The number of hydrogen-bond acceptors (Lipinski definition) is 4. The Morgan fingerprint density at radius 1 is 1.25 bits per heavy atom. The largest absolute Gasteiger partial charge is 0.387 e. The van der Waals surface area contributed by atoms with Crippen LogP contribution in [0.3, 0.4) is 0 Å². The minimum atomic E-state index is 0.990. The standard InChI is InChI=1S/C12H11N3S/c1-7-15-12-10(16-7)4-3-9-11(12)8(13-2)5-6-14-9/h3-6H,1-2H3,(H,13,14). The summed E-state index contributed by atoms with van der Waals surface area (Å²) in [6.07, 6.45) is 1.82. The molecule has 4 heteroatoms. The lowest BCUT2D eigenvalue weighted by molar-refractivity contribution is 1.34. The third-order valence-electron chi connectivity index (χ3n) is 2.64. The van der Waals surface area contributed by atoms with E-state index in [1.165, 1.54) is 4.70 Å². The lowest BCUT2D eigenvalue weighted by atomic mass is 10.1. The van der Waals surface area contributed by atoms with Crippen LogP contribution < -0.4 is 5.32 Å². The third kappa shape index (κ3) is 1.27. The van der Waals surface area contributed by atoms with Crippen LogP contribution in [0.25, 0.3) is 21.1 Å². The molecule has 0 aliphatic heterocycles. The van der Waals surface area contributed by atoms with E-state index in [0.717, 1.165) is 27.1 Å². The van der Waals surface area contributed by atoms with Crippen molar-refractivity contribution in [3.05, 3.63) is 29.4 Å². The Balaban J connectivity index is 2.56. The van der Waals surface area contributed by atoms with Gasteiger partial charge in [-0.25, -0.2) is 4.98 Å². The summed E-state index contributed by atoms with van der Waals surface area (Å²) in [5.74, 6) is 0. The van der Waals surface area contributed by atoms with Crippen molar-refractivity contribution in [1.82, 2.24) is 9.97 Å². The van der Waals surface area contributed by atoms with Crippen LogP contribution in [0.2, 0.25) is 0 Å². The topological polar surface area (TPSA) is 37.8 Å². The molecule has 16 heavy (non-hydrogen) atoms. The number of fused-ring (bicyclic) bond motifs is 3. The summed E-state index contributed by atoms with van der Waals surface area (Å²) in [5, 5.41) is 5.40. The maximum atomic E-state index is 4.59. The molecule has 3 rings (SSSR count). The highest BCUT2D eigenvalue weighted by atomic mass is 32.1. The van der Waals surface area contributed by atoms with Gasteiger partial charge >= 0.3 is 0 Å². The molecule has 0 saturated carbocycles. The molecule has 0 aliphatic rings. The fourth-order valence-electron chi connectivity index (χ4n) is 1.95. The summed E-state index contributed by atoms with van der Waals surface area (Å²) < 4.78 is 1.22. The molecule has 0 atom stereocenters. The van der Waals surface area contributed by atoms with Crippen molar-refractivity contribution in [1.29, 1.82) is 0 Å². The average Bonchev–Trinajstić information content (AvgIpc) is 2.68. The monoisotopic (exact) mass is 229 g/mol. The van der Waals surface area contributed by atoms with E-state index in [-0.39, 0.29) is 0 Å². The number of nitrogens with one attached hydrogen (secondary N) is 1. The van der Waals surface area contributed by atoms with Crippen molar-refractivity contribution >= 4 is 38.1 Å². The van der Waals surface area contributed by atoms with Gasteiger partial charge in [0.05, 0.1) is 26.1 Å². The van der Waals surface area contributed by atoms with E-state index < -0.39 is 0 Å². The fourth-order valence-corrected chi connectivity index (χ4v) is 2.79. The first-order valence-electron chi connectivity index (χ1n) is 5.12. The molecular formula is C12H11N3S. The summed E-state index contributed by atoms with van der Waals surface area (Å²) in [5.41, 5.74) is 3.13. The van der Waals surface area contributed by atoms with Gasteiger partial charge in [-0.3, -0.25) is 4.98 Å². The molecule has 0 saturated heterocycles. The van der Waals surface area contributed by atoms with Gasteiger partial charge in [-0.15, -0.1) is 11.3 Å². The van der Waals surface area contributed by atoms with Crippen molar-refractivity contribution in [3.63, 3.8) is 0 Å². The highest BCUT2D eigenvalue weighted by Crippen LogP contribution is 2.32. The number of nitrogens with zero attached hydrogens (tertiary/aromatic N) is 2. The first-order chi connectivity index (χ1) is 7.79. The Morgan fingerprint density at radius 2 is 2.12 bits per heavy atom. The highest BCUT2D eigenvalue weighted by molar-refractivity contribution is 7.18. The molecule has 0 amide bonds. The minimum absolute atomic E-state index is 0.990. The highest BCUT2D eigenvalue weighted by Gasteiger charge is 2.09. The Hall–Kier alpha value is -1.68. The molecule has 0 spiro atoms. The van der Waals surface area contributed by atoms with Gasteiger partial charge in [0, 0.05) is 18.9 Å². The predicted molar refractivity (Wildman–Crippen MR) is 69.2 cm³/mol. The second kappa shape index (κ2) is 3.42. The summed E-state index contributed by atoms with van der Waals surface area (Å²) in [6, 6.07) is 6.13. The van der Waals surface area contributed by atoms with E-state index in [1.54, 1.807) is 11.3 Å². The van der Waals surface area contributed by atoms with E-state index in [2.05, 4.69) is 27.4 Å². The number of pyridine rings is 1. The Labute approximate surface area is 97.2 Å². The quantitative estimate of drug-likeness (QED) is 0.696. The summed E-state index contributed by atoms with van der Waals surface area (Å²) >= 11 is 1.72. The second-order valence-electron chi connectivity index (χ2n) is 3.65. The second-order valence-corrected chi connectivity index (χ2v) is 4.88. The number of anilines is 1. The molecular weight excluding hydrogens is 218 g/mol. The number of thiazole rings is 1. The SMILES string of the molecule is CNc1ccnc2ccc3sc(C)nc3c12. The molecule has 2 aromatic heterocycles. The van der Waals surface area contributed by atoms with E-state index in [1.807, 2.05) is 26.2 Å². The van der Waals surface area contributed by atoms with Crippen LogP contribution in [0.1, 0.15) is 5.01 Å². The molecule has 3 aromatic rings. The smallest absolute Gasteiger partial charge is 0.0930 e. The van der Waals surface area contributed by atoms with Gasteiger partial charge in [0.1, 0.15) is 0 Å². The van der Waals surface area contributed by atoms with Gasteiger partial charge in [-0.2, -0.15) is 0 Å². The minimum Gasteiger partial charge on any atom is -0.387 e. The summed E-state index contributed by atoms with van der Waals surface area (Å²) in [4.78, 5) is 8.96. The molecule has 1 aromatic carbocycles. The van der Waals surface area contributed by atoms with Crippen LogP contribution in [0.5, 0.6) is 0 Å². The molecule has 2 heterocycles. The zero-order valence-electron chi connectivity index (χ0n) is 9.11. The molecule has 0 radical (unpaired) electrons. The van der Waals surface area contributed by atoms with Crippen LogP contribution in [0.4, 0.5) is 5.69 Å². The maximum absolute atomic E-state index is 4.59. The predicted octanol–water partition coefficient (Wildman–Crippen LogP) is 3.19. The summed E-state index contributed by atoms with van der Waals surface area (Å²) in [6.45, 7) is 2.03. The maximum Gasteiger partial charge on any atom is 0.0930 e. The van der Waals surface area contributed by atoms with Gasteiger partial charge < -0.3 is 5.32 Å². The lowest BCUT2D eigenvalue weighted by Crippen LogP contribution is -1.91. The van der Waals surface area contributed by atoms with Crippen molar-refractivity contribution in [2.24, 2.45) is 0 Å². The van der Waals surface area contributed by atoms with Crippen LogP contribution in [0, 0.1) is 6.92 Å².